The van der Waals surface area contributed by atoms with Gasteiger partial charge in [-0.15, -0.1) is 0 Å². The van der Waals surface area contributed by atoms with E-state index >= 15 is 0 Å². The van der Waals surface area contributed by atoms with Crippen molar-refractivity contribution in [3.05, 3.63) is 39.9 Å². The Bertz CT molecular complexity index is 579. The minimum Gasteiger partial charge on any atom is -0.368 e. The molecule has 7 nitrogen and oxygen atoms in total. The van der Waals surface area contributed by atoms with Crippen LogP contribution in [0.5, 0.6) is 0 Å². The van der Waals surface area contributed by atoms with Crippen LogP contribution in [0.4, 0.5) is 5.69 Å². The first-order valence-corrected chi connectivity index (χ1v) is 7.77. The molecular formula is C16H21N3O4. The van der Waals surface area contributed by atoms with Crippen molar-refractivity contribution in [2.75, 3.05) is 0 Å². The molecule has 1 fully saturated rings. The molecule has 1 aliphatic carbocycles. The summed E-state index contributed by atoms with van der Waals surface area (Å²) in [5.74, 6) is -0.381. The molecule has 2 amide bonds. The van der Waals surface area contributed by atoms with Crippen LogP contribution in [-0.2, 0) is 16.0 Å². The van der Waals surface area contributed by atoms with Crippen LogP contribution in [0.1, 0.15) is 37.7 Å². The van der Waals surface area contributed by atoms with Crippen LogP contribution in [0.15, 0.2) is 24.3 Å². The lowest BCUT2D eigenvalue weighted by molar-refractivity contribution is -0.384. The number of carbonyl (C=O) groups is 2. The van der Waals surface area contributed by atoms with Crippen molar-refractivity contribution < 1.29 is 14.5 Å². The summed E-state index contributed by atoms with van der Waals surface area (Å²) >= 11 is 0. The van der Waals surface area contributed by atoms with E-state index in [1.807, 2.05) is 0 Å². The first kappa shape index (κ1) is 16.9. The predicted octanol–water partition coefficient (Wildman–Crippen LogP) is 1.69. The van der Waals surface area contributed by atoms with Gasteiger partial charge in [-0.1, -0.05) is 25.0 Å². The Labute approximate surface area is 134 Å². The highest BCUT2D eigenvalue weighted by Gasteiger charge is 2.23. The molecule has 124 valence electrons. The quantitative estimate of drug-likeness (QED) is 0.587. The van der Waals surface area contributed by atoms with Crippen LogP contribution in [0.2, 0.25) is 0 Å². The summed E-state index contributed by atoms with van der Waals surface area (Å²) < 4.78 is 0. The zero-order valence-electron chi connectivity index (χ0n) is 12.9. The number of rotatable bonds is 7. The highest BCUT2D eigenvalue weighted by molar-refractivity contribution is 5.86. The molecule has 23 heavy (non-hydrogen) atoms. The molecule has 0 aromatic heterocycles. The number of amides is 2. The maximum Gasteiger partial charge on any atom is 0.269 e. The van der Waals surface area contributed by atoms with Crippen LogP contribution in [0, 0.1) is 16.0 Å². The molecule has 1 aliphatic rings. The average Bonchev–Trinajstić information content (AvgIpc) is 2.99. The van der Waals surface area contributed by atoms with E-state index in [1.165, 1.54) is 12.1 Å². The maximum absolute atomic E-state index is 12.0. The molecule has 0 unspecified atom stereocenters. The normalized spacial score (nSPS) is 16.0. The van der Waals surface area contributed by atoms with E-state index < -0.39 is 16.9 Å². The number of primary amides is 1. The van der Waals surface area contributed by atoms with E-state index in [0.29, 0.717) is 17.9 Å². The van der Waals surface area contributed by atoms with E-state index in [0.717, 1.165) is 25.7 Å². The molecular weight excluding hydrogens is 298 g/mol. The Hall–Kier alpha value is -2.44. The highest BCUT2D eigenvalue weighted by Crippen LogP contribution is 2.27. The molecule has 0 radical (unpaired) electrons. The van der Waals surface area contributed by atoms with E-state index in [9.17, 15) is 19.7 Å². The van der Waals surface area contributed by atoms with Gasteiger partial charge in [0.25, 0.3) is 5.69 Å². The summed E-state index contributed by atoms with van der Waals surface area (Å²) in [5.41, 5.74) is 6.05. The van der Waals surface area contributed by atoms with Crippen molar-refractivity contribution in [2.24, 2.45) is 11.7 Å². The summed E-state index contributed by atoms with van der Waals surface area (Å²) in [7, 11) is 0. The van der Waals surface area contributed by atoms with Crippen LogP contribution in [0.3, 0.4) is 0 Å². The number of hydrogen-bond donors (Lipinski definition) is 2. The molecule has 1 atom stereocenters. The molecule has 7 heteroatoms. The first-order chi connectivity index (χ1) is 11.0. The van der Waals surface area contributed by atoms with Crippen molar-refractivity contribution in [2.45, 2.75) is 44.6 Å². The van der Waals surface area contributed by atoms with Crippen molar-refractivity contribution in [3.8, 4) is 0 Å². The molecule has 1 aromatic carbocycles. The van der Waals surface area contributed by atoms with Gasteiger partial charge in [0.1, 0.15) is 6.04 Å². The molecule has 1 aromatic rings. The summed E-state index contributed by atoms with van der Waals surface area (Å²) in [5, 5.41) is 13.3. The van der Waals surface area contributed by atoms with Gasteiger partial charge >= 0.3 is 0 Å². The SMILES string of the molecule is NC(=O)[C@@H](Cc1ccc([N+](=O)[O-])cc1)NC(=O)CC1CCCC1. The number of nitrogens with two attached hydrogens (primary N) is 1. The maximum atomic E-state index is 12.0. The zero-order valence-corrected chi connectivity index (χ0v) is 12.9. The van der Waals surface area contributed by atoms with Crippen LogP contribution in [0.25, 0.3) is 0 Å². The van der Waals surface area contributed by atoms with Crippen molar-refractivity contribution in [1.82, 2.24) is 5.32 Å². The third-order valence-corrected chi connectivity index (χ3v) is 4.21. The lowest BCUT2D eigenvalue weighted by Crippen LogP contribution is -2.46. The lowest BCUT2D eigenvalue weighted by atomic mass is 10.0. The van der Waals surface area contributed by atoms with Crippen LogP contribution >= 0.6 is 0 Å². The predicted molar refractivity (Wildman–Crippen MR) is 84.5 cm³/mol. The van der Waals surface area contributed by atoms with E-state index in [1.54, 1.807) is 12.1 Å². The van der Waals surface area contributed by atoms with Crippen LogP contribution < -0.4 is 11.1 Å². The standard InChI is InChI=1S/C16H21N3O4/c17-16(21)14(18-15(20)10-11-3-1-2-4-11)9-12-5-7-13(8-6-12)19(22)23/h5-8,11,14H,1-4,9-10H2,(H2,17,21)(H,18,20)/t14-/m1/s1. The Morgan fingerprint density at radius 2 is 1.87 bits per heavy atom. The molecule has 3 N–H and O–H groups in total. The van der Waals surface area contributed by atoms with Crippen LogP contribution in [-0.4, -0.2) is 22.8 Å². The van der Waals surface area contributed by atoms with E-state index in [4.69, 9.17) is 5.73 Å². The van der Waals surface area contributed by atoms with Gasteiger partial charge in [0, 0.05) is 25.0 Å². The van der Waals surface area contributed by atoms with E-state index in [2.05, 4.69) is 5.32 Å². The number of nitro groups is 1. The van der Waals surface area contributed by atoms with Gasteiger partial charge in [0.2, 0.25) is 11.8 Å². The number of nitrogens with one attached hydrogen (secondary N) is 1. The summed E-state index contributed by atoms with van der Waals surface area (Å²) in [4.78, 5) is 33.7. The van der Waals surface area contributed by atoms with E-state index in [-0.39, 0.29) is 18.0 Å². The third kappa shape index (κ3) is 5.05. The Morgan fingerprint density at radius 1 is 1.26 bits per heavy atom. The van der Waals surface area contributed by atoms with Crippen molar-refractivity contribution in [3.63, 3.8) is 0 Å². The number of non-ortho nitro benzene ring substituents is 1. The molecule has 0 spiro atoms. The Kier molecular flexibility index (Phi) is 5.67. The van der Waals surface area contributed by atoms with Gasteiger partial charge in [-0.05, 0) is 24.3 Å². The summed E-state index contributed by atoms with van der Waals surface area (Å²) in [6.45, 7) is 0. The molecule has 0 heterocycles. The third-order valence-electron chi connectivity index (χ3n) is 4.21. The minimum absolute atomic E-state index is 0.0188. The monoisotopic (exact) mass is 319 g/mol. The summed E-state index contributed by atoms with van der Waals surface area (Å²) in [6.07, 6.45) is 5.06. The smallest absolute Gasteiger partial charge is 0.269 e. The molecule has 1 saturated carbocycles. The lowest BCUT2D eigenvalue weighted by Gasteiger charge is -2.17. The number of carbonyl (C=O) groups excluding carboxylic acids is 2. The zero-order chi connectivity index (χ0) is 16.8. The second-order valence-corrected chi connectivity index (χ2v) is 6.00. The van der Waals surface area contributed by atoms with Gasteiger partial charge < -0.3 is 11.1 Å². The molecule has 2 rings (SSSR count). The summed E-state index contributed by atoms with van der Waals surface area (Å²) in [6, 6.07) is 5.07. The molecule has 0 aliphatic heterocycles. The van der Waals surface area contributed by atoms with Crippen molar-refractivity contribution in [1.29, 1.82) is 0 Å². The number of nitrogens with zero attached hydrogens (tertiary/aromatic N) is 1. The topological polar surface area (TPSA) is 115 Å². The van der Waals surface area contributed by atoms with Gasteiger partial charge in [-0.3, -0.25) is 19.7 Å². The fraction of sp³-hybridized carbons (Fsp3) is 0.500. The molecule has 0 bridgehead atoms. The number of nitro benzene ring substituents is 1. The van der Waals surface area contributed by atoms with Gasteiger partial charge in [0.05, 0.1) is 4.92 Å². The minimum atomic E-state index is -0.801. The fourth-order valence-corrected chi connectivity index (χ4v) is 2.94. The number of benzene rings is 1. The molecule has 0 saturated heterocycles. The fourth-order valence-electron chi connectivity index (χ4n) is 2.94. The van der Waals surface area contributed by atoms with Gasteiger partial charge in [-0.25, -0.2) is 0 Å². The second kappa shape index (κ2) is 7.71. The highest BCUT2D eigenvalue weighted by atomic mass is 16.6. The van der Waals surface area contributed by atoms with Gasteiger partial charge in [-0.2, -0.15) is 0 Å². The number of hydrogen-bond acceptors (Lipinski definition) is 4. The first-order valence-electron chi connectivity index (χ1n) is 7.77. The Morgan fingerprint density at radius 3 is 2.39 bits per heavy atom. The van der Waals surface area contributed by atoms with Crippen molar-refractivity contribution >= 4 is 17.5 Å². The average molecular weight is 319 g/mol. The largest absolute Gasteiger partial charge is 0.368 e. The second-order valence-electron chi connectivity index (χ2n) is 6.00. The van der Waals surface area contributed by atoms with Gasteiger partial charge in [0.15, 0.2) is 0 Å². The Balaban J connectivity index is 1.93.